The van der Waals surface area contributed by atoms with Crippen LogP contribution in [0.15, 0.2) is 0 Å². The summed E-state index contributed by atoms with van der Waals surface area (Å²) in [7, 11) is 0. The Bertz CT molecular complexity index is 410. The first-order chi connectivity index (χ1) is 12.1. The molecule has 0 aromatic rings. The van der Waals surface area contributed by atoms with Gasteiger partial charge in [0.2, 0.25) is 5.91 Å². The quantitative estimate of drug-likeness (QED) is 0.733. The summed E-state index contributed by atoms with van der Waals surface area (Å²) in [5.74, 6) is 0.236. The lowest BCUT2D eigenvalue weighted by Gasteiger charge is -2.36. The zero-order valence-corrected chi connectivity index (χ0v) is 16.1. The van der Waals surface area contributed by atoms with Crippen molar-refractivity contribution in [3.63, 3.8) is 0 Å². The molecule has 3 aliphatic heterocycles. The van der Waals surface area contributed by atoms with E-state index in [1.165, 1.54) is 19.4 Å². The first-order valence-electron chi connectivity index (χ1n) is 10.2. The maximum atomic E-state index is 12.3. The van der Waals surface area contributed by atoms with Crippen molar-refractivity contribution in [2.75, 3.05) is 59.0 Å². The molecule has 0 bridgehead atoms. The van der Waals surface area contributed by atoms with Crippen molar-refractivity contribution in [3.05, 3.63) is 0 Å². The van der Waals surface area contributed by atoms with Gasteiger partial charge in [-0.15, -0.1) is 0 Å². The lowest BCUT2D eigenvalue weighted by molar-refractivity contribution is -0.132. The van der Waals surface area contributed by atoms with Crippen molar-refractivity contribution in [2.45, 2.75) is 57.7 Å². The molecule has 3 atom stereocenters. The van der Waals surface area contributed by atoms with Crippen LogP contribution in [-0.4, -0.2) is 97.8 Å². The summed E-state index contributed by atoms with van der Waals surface area (Å²) in [5, 5.41) is 3.27. The van der Waals surface area contributed by atoms with Gasteiger partial charge >= 0.3 is 0 Å². The molecule has 3 rings (SSSR count). The summed E-state index contributed by atoms with van der Waals surface area (Å²) in [5.41, 5.74) is 0. The van der Waals surface area contributed by atoms with E-state index >= 15 is 0 Å². The number of nitrogens with one attached hydrogen (secondary N) is 1. The fourth-order valence-corrected chi connectivity index (χ4v) is 4.42. The van der Waals surface area contributed by atoms with Gasteiger partial charge < -0.3 is 15.0 Å². The predicted molar refractivity (Wildman–Crippen MR) is 99.7 cm³/mol. The third kappa shape index (κ3) is 5.39. The third-order valence-corrected chi connectivity index (χ3v) is 6.21. The highest BCUT2D eigenvalue weighted by atomic mass is 16.5. The van der Waals surface area contributed by atoms with Crippen molar-refractivity contribution >= 4 is 5.91 Å². The lowest BCUT2D eigenvalue weighted by atomic mass is 10.2. The Morgan fingerprint density at radius 3 is 2.40 bits per heavy atom. The summed E-state index contributed by atoms with van der Waals surface area (Å²) < 4.78 is 5.58. The topological polar surface area (TPSA) is 48.0 Å². The van der Waals surface area contributed by atoms with Crippen LogP contribution in [0.25, 0.3) is 0 Å². The molecule has 3 fully saturated rings. The second-order valence-electron chi connectivity index (χ2n) is 8.00. The number of piperazine rings is 1. The van der Waals surface area contributed by atoms with Gasteiger partial charge in [0, 0.05) is 64.5 Å². The number of amides is 1. The van der Waals surface area contributed by atoms with Gasteiger partial charge in [-0.3, -0.25) is 14.6 Å². The number of carbonyl (C=O) groups excluding carboxylic acids is 1. The zero-order chi connectivity index (χ0) is 17.6. The molecule has 0 spiro atoms. The molecule has 0 aliphatic carbocycles. The van der Waals surface area contributed by atoms with Gasteiger partial charge in [-0.25, -0.2) is 0 Å². The van der Waals surface area contributed by atoms with E-state index in [0.717, 1.165) is 70.8 Å². The molecule has 0 aromatic heterocycles. The Kier molecular flexibility index (Phi) is 7.10. The average molecular weight is 353 g/mol. The number of likely N-dealkylation sites (tertiary alicyclic amines) is 1. The largest absolute Gasteiger partial charge is 0.377 e. The number of nitrogens with zero attached hydrogens (tertiary/aromatic N) is 3. The van der Waals surface area contributed by atoms with E-state index < -0.39 is 0 Å². The minimum atomic E-state index is 0.236. The molecular weight excluding hydrogens is 316 g/mol. The Hall–Kier alpha value is -0.690. The molecule has 3 aliphatic rings. The number of ether oxygens (including phenoxy) is 1. The van der Waals surface area contributed by atoms with E-state index in [4.69, 9.17) is 4.74 Å². The summed E-state index contributed by atoms with van der Waals surface area (Å²) in [6, 6.07) is 1.46. The normalized spacial score (nSPS) is 31.8. The van der Waals surface area contributed by atoms with Crippen LogP contribution in [0, 0.1) is 0 Å². The van der Waals surface area contributed by atoms with E-state index in [2.05, 4.69) is 29.0 Å². The summed E-state index contributed by atoms with van der Waals surface area (Å²) >= 11 is 0. The molecule has 25 heavy (non-hydrogen) atoms. The first kappa shape index (κ1) is 19.1. The van der Waals surface area contributed by atoms with Gasteiger partial charge in [-0.05, 0) is 39.5 Å². The zero-order valence-electron chi connectivity index (χ0n) is 16.1. The van der Waals surface area contributed by atoms with Crippen molar-refractivity contribution < 1.29 is 9.53 Å². The number of hydrogen-bond acceptors (Lipinski definition) is 5. The lowest BCUT2D eigenvalue weighted by Crippen LogP contribution is -2.52. The van der Waals surface area contributed by atoms with Crippen LogP contribution in [0.5, 0.6) is 0 Å². The summed E-state index contributed by atoms with van der Waals surface area (Å²) in [6.45, 7) is 12.9. The van der Waals surface area contributed by atoms with Gasteiger partial charge in [-0.2, -0.15) is 0 Å². The van der Waals surface area contributed by atoms with Crippen LogP contribution < -0.4 is 5.32 Å². The van der Waals surface area contributed by atoms with E-state index in [1.54, 1.807) is 0 Å². The van der Waals surface area contributed by atoms with Gasteiger partial charge in [0.15, 0.2) is 0 Å². The maximum absolute atomic E-state index is 12.3. The summed E-state index contributed by atoms with van der Waals surface area (Å²) in [6.07, 6.45) is 5.25. The predicted octanol–water partition coefficient (Wildman–Crippen LogP) is 0.772. The smallest absolute Gasteiger partial charge is 0.236 e. The van der Waals surface area contributed by atoms with Crippen LogP contribution in [0.2, 0.25) is 0 Å². The second-order valence-corrected chi connectivity index (χ2v) is 8.00. The van der Waals surface area contributed by atoms with E-state index in [9.17, 15) is 4.79 Å². The van der Waals surface area contributed by atoms with Crippen LogP contribution in [0.4, 0.5) is 0 Å². The van der Waals surface area contributed by atoms with Crippen molar-refractivity contribution in [1.29, 1.82) is 0 Å². The highest BCUT2D eigenvalue weighted by Gasteiger charge is 2.28. The Morgan fingerprint density at radius 1 is 1.04 bits per heavy atom. The van der Waals surface area contributed by atoms with Crippen LogP contribution in [0.3, 0.4) is 0 Å². The molecule has 0 unspecified atom stereocenters. The average Bonchev–Trinajstić information content (AvgIpc) is 3.24. The molecule has 1 N–H and O–H groups in total. The van der Waals surface area contributed by atoms with Gasteiger partial charge in [0.25, 0.3) is 0 Å². The fraction of sp³-hybridized carbons (Fsp3) is 0.947. The molecule has 0 radical (unpaired) electrons. The van der Waals surface area contributed by atoms with Crippen LogP contribution >= 0.6 is 0 Å². The molecule has 3 heterocycles. The third-order valence-electron chi connectivity index (χ3n) is 6.21. The Morgan fingerprint density at radius 2 is 1.76 bits per heavy atom. The van der Waals surface area contributed by atoms with Crippen molar-refractivity contribution in [3.8, 4) is 0 Å². The Balaban J connectivity index is 1.29. The Labute approximate surface area is 152 Å². The van der Waals surface area contributed by atoms with E-state index in [1.807, 2.05) is 4.90 Å². The molecule has 3 saturated heterocycles. The monoisotopic (exact) mass is 352 g/mol. The van der Waals surface area contributed by atoms with Gasteiger partial charge in [-0.1, -0.05) is 0 Å². The van der Waals surface area contributed by atoms with E-state index in [0.29, 0.717) is 12.6 Å². The summed E-state index contributed by atoms with van der Waals surface area (Å²) in [4.78, 5) is 19.5. The van der Waals surface area contributed by atoms with Gasteiger partial charge in [0.05, 0.1) is 12.6 Å². The molecule has 1 amide bonds. The van der Waals surface area contributed by atoms with Crippen LogP contribution in [-0.2, 0) is 9.53 Å². The first-order valence-corrected chi connectivity index (χ1v) is 10.2. The molecule has 0 aromatic carbocycles. The minimum Gasteiger partial charge on any atom is -0.377 e. The standard InChI is InChI=1S/C19H36N4O2/c1-16-5-6-17(2)23(16)12-9-21-7-10-22(11-8-21)19(24)15-20-14-18-4-3-13-25-18/h16-18,20H,3-15H2,1-2H3/t16-,17-,18+/m1/s1. The molecule has 6 nitrogen and oxygen atoms in total. The second kappa shape index (κ2) is 9.31. The molecule has 0 saturated carbocycles. The maximum Gasteiger partial charge on any atom is 0.236 e. The highest BCUT2D eigenvalue weighted by molar-refractivity contribution is 5.78. The van der Waals surface area contributed by atoms with Crippen molar-refractivity contribution in [2.24, 2.45) is 0 Å². The number of rotatable bonds is 7. The van der Waals surface area contributed by atoms with Crippen molar-refractivity contribution in [1.82, 2.24) is 20.0 Å². The minimum absolute atomic E-state index is 0.236. The molecule has 6 heteroatoms. The number of hydrogen-bond donors (Lipinski definition) is 1. The molecule has 144 valence electrons. The van der Waals surface area contributed by atoms with Crippen LogP contribution in [0.1, 0.15) is 39.5 Å². The number of carbonyl (C=O) groups is 1. The van der Waals surface area contributed by atoms with E-state index in [-0.39, 0.29) is 5.91 Å². The SMILES string of the molecule is C[C@@H]1CC[C@@H](C)N1CCN1CCN(C(=O)CNC[C@@H]2CCCO2)CC1. The molecular formula is C19H36N4O2. The highest BCUT2D eigenvalue weighted by Crippen LogP contribution is 2.22. The fourth-order valence-electron chi connectivity index (χ4n) is 4.42. The van der Waals surface area contributed by atoms with Gasteiger partial charge in [0.1, 0.15) is 0 Å².